The summed E-state index contributed by atoms with van der Waals surface area (Å²) >= 11 is 0. The molecule has 0 aliphatic heterocycles. The number of nitrogens with zero attached hydrogens (tertiary/aromatic N) is 1. The smallest absolute Gasteiger partial charge is 0.216 e. The molecule has 0 radical (unpaired) electrons. The van der Waals surface area contributed by atoms with E-state index in [1.54, 1.807) is 33.0 Å². The molecule has 0 saturated heterocycles. The molecule has 0 aliphatic carbocycles. The van der Waals surface area contributed by atoms with E-state index in [2.05, 4.69) is 20.3 Å². The lowest BCUT2D eigenvalue weighted by atomic mass is 10.1. The van der Waals surface area contributed by atoms with E-state index in [0.717, 1.165) is 16.7 Å². The largest absolute Gasteiger partial charge is 0.352 e. The summed E-state index contributed by atoms with van der Waals surface area (Å²) in [5, 5.41) is 6.29. The zero-order valence-corrected chi connectivity index (χ0v) is 19.9. The normalized spacial score (nSPS) is 11.8. The van der Waals surface area contributed by atoms with E-state index < -0.39 is 10.0 Å². The van der Waals surface area contributed by atoms with Crippen LogP contribution in [0.3, 0.4) is 0 Å². The van der Waals surface area contributed by atoms with Crippen molar-refractivity contribution < 1.29 is 12.8 Å². The van der Waals surface area contributed by atoms with Crippen LogP contribution < -0.4 is 15.4 Å². The third-order valence-corrected chi connectivity index (χ3v) is 5.42. The van der Waals surface area contributed by atoms with Crippen molar-refractivity contribution in [1.82, 2.24) is 15.4 Å². The second kappa shape index (κ2) is 12.1. The van der Waals surface area contributed by atoms with Crippen LogP contribution >= 0.6 is 24.0 Å². The number of nitrogens with one attached hydrogen (secondary N) is 3. The summed E-state index contributed by atoms with van der Waals surface area (Å²) in [4.78, 5) is 4.15. The SMILES string of the molecule is CN=C(NCc1cccc(F)c1)NCc1ccccc1CS(=O)(=O)NC(C)C.I. The quantitative estimate of drug-likeness (QED) is 0.276. The maximum Gasteiger partial charge on any atom is 0.216 e. The van der Waals surface area contributed by atoms with Crippen molar-refractivity contribution in [2.24, 2.45) is 4.99 Å². The van der Waals surface area contributed by atoms with E-state index in [0.29, 0.717) is 19.0 Å². The Kier molecular flexibility index (Phi) is 10.5. The van der Waals surface area contributed by atoms with Gasteiger partial charge in [0.05, 0.1) is 5.75 Å². The number of benzene rings is 2. The highest BCUT2D eigenvalue weighted by atomic mass is 127. The number of rotatable bonds is 8. The second-order valence-corrected chi connectivity index (χ2v) is 8.46. The molecule has 0 atom stereocenters. The third kappa shape index (κ3) is 9.09. The standard InChI is InChI=1S/C20H27FN4O2S.HI/c1-15(2)25-28(26,27)14-18-9-5-4-8-17(18)13-24-20(22-3)23-12-16-7-6-10-19(21)11-16;/h4-11,15,25H,12-14H2,1-3H3,(H2,22,23,24);1H. The van der Waals surface area contributed by atoms with Crippen molar-refractivity contribution in [2.75, 3.05) is 7.05 Å². The summed E-state index contributed by atoms with van der Waals surface area (Å²) in [6.07, 6.45) is 0. The van der Waals surface area contributed by atoms with Crippen molar-refractivity contribution >= 4 is 40.0 Å². The summed E-state index contributed by atoms with van der Waals surface area (Å²) in [5.41, 5.74) is 2.39. The first-order valence-corrected chi connectivity index (χ1v) is 10.7. The van der Waals surface area contributed by atoms with Crippen LogP contribution in [0.15, 0.2) is 53.5 Å². The fourth-order valence-corrected chi connectivity index (χ4v) is 4.20. The zero-order valence-electron chi connectivity index (χ0n) is 16.8. The van der Waals surface area contributed by atoms with Crippen LogP contribution in [-0.4, -0.2) is 27.5 Å². The van der Waals surface area contributed by atoms with Crippen molar-refractivity contribution in [1.29, 1.82) is 0 Å². The molecule has 2 aromatic rings. The molecule has 6 nitrogen and oxygen atoms in total. The minimum Gasteiger partial charge on any atom is -0.352 e. The van der Waals surface area contributed by atoms with E-state index in [-0.39, 0.29) is 41.6 Å². The fourth-order valence-electron chi connectivity index (χ4n) is 2.71. The molecule has 0 bridgehead atoms. The molecule has 0 spiro atoms. The first-order valence-electron chi connectivity index (χ1n) is 9.05. The minimum absolute atomic E-state index is 0. The van der Waals surface area contributed by atoms with Gasteiger partial charge in [-0.3, -0.25) is 4.99 Å². The average molecular weight is 534 g/mol. The maximum absolute atomic E-state index is 13.3. The van der Waals surface area contributed by atoms with Gasteiger partial charge in [-0.2, -0.15) is 0 Å². The number of guanidine groups is 1. The third-order valence-electron chi connectivity index (χ3n) is 3.90. The Morgan fingerprint density at radius 2 is 1.69 bits per heavy atom. The molecule has 0 fully saturated rings. The van der Waals surface area contributed by atoms with E-state index >= 15 is 0 Å². The average Bonchev–Trinajstić information content (AvgIpc) is 2.61. The Hall–Kier alpha value is -1.72. The Labute approximate surface area is 189 Å². The number of hydrogen-bond donors (Lipinski definition) is 3. The number of sulfonamides is 1. The van der Waals surface area contributed by atoms with E-state index in [1.807, 2.05) is 24.3 Å². The van der Waals surface area contributed by atoms with Crippen LogP contribution in [0.2, 0.25) is 0 Å². The first kappa shape index (κ1) is 25.3. The number of hydrogen-bond acceptors (Lipinski definition) is 3. The van der Waals surface area contributed by atoms with Crippen molar-refractivity contribution in [3.05, 3.63) is 71.0 Å². The molecule has 0 unspecified atom stereocenters. The summed E-state index contributed by atoms with van der Waals surface area (Å²) in [5.74, 6) is 0.174. The van der Waals surface area contributed by atoms with Gasteiger partial charge in [0.15, 0.2) is 5.96 Å². The number of halogens is 2. The lowest BCUT2D eigenvalue weighted by molar-refractivity contribution is 0.568. The van der Waals surface area contributed by atoms with Gasteiger partial charge in [-0.15, -0.1) is 24.0 Å². The maximum atomic E-state index is 13.3. The highest BCUT2D eigenvalue weighted by molar-refractivity contribution is 14.0. The summed E-state index contributed by atoms with van der Waals surface area (Å²) in [7, 11) is -1.77. The van der Waals surface area contributed by atoms with Gasteiger partial charge in [0.25, 0.3) is 0 Å². The van der Waals surface area contributed by atoms with Gasteiger partial charge >= 0.3 is 0 Å². The molecule has 0 aliphatic rings. The summed E-state index contributed by atoms with van der Waals surface area (Å²) < 4.78 is 40.4. The molecule has 160 valence electrons. The first-order chi connectivity index (χ1) is 13.3. The monoisotopic (exact) mass is 534 g/mol. The molecule has 2 aromatic carbocycles. The van der Waals surface area contributed by atoms with Crippen LogP contribution in [0, 0.1) is 5.82 Å². The van der Waals surface area contributed by atoms with Crippen molar-refractivity contribution in [2.45, 2.75) is 38.7 Å². The lowest BCUT2D eigenvalue weighted by Crippen LogP contribution is -2.36. The molecule has 9 heteroatoms. The van der Waals surface area contributed by atoms with Gasteiger partial charge < -0.3 is 10.6 Å². The molecule has 29 heavy (non-hydrogen) atoms. The Bertz CT molecular complexity index is 920. The Morgan fingerprint density at radius 1 is 1.03 bits per heavy atom. The molecule has 0 amide bonds. The highest BCUT2D eigenvalue weighted by Gasteiger charge is 2.15. The second-order valence-electron chi connectivity index (χ2n) is 6.71. The van der Waals surface area contributed by atoms with Crippen LogP contribution in [0.25, 0.3) is 0 Å². The molecule has 0 aromatic heterocycles. The van der Waals surface area contributed by atoms with Gasteiger partial charge in [-0.1, -0.05) is 36.4 Å². The van der Waals surface area contributed by atoms with Crippen LogP contribution in [-0.2, 0) is 28.9 Å². The van der Waals surface area contributed by atoms with Gasteiger partial charge in [0, 0.05) is 26.2 Å². The minimum atomic E-state index is -3.41. The summed E-state index contributed by atoms with van der Waals surface area (Å²) in [6, 6.07) is 13.6. The zero-order chi connectivity index (χ0) is 20.6. The fraction of sp³-hybridized carbons (Fsp3) is 0.350. The van der Waals surface area contributed by atoms with Gasteiger partial charge in [0.1, 0.15) is 5.82 Å². The molecule has 2 rings (SSSR count). The molecule has 3 N–H and O–H groups in total. The van der Waals surface area contributed by atoms with E-state index in [9.17, 15) is 12.8 Å². The summed E-state index contributed by atoms with van der Waals surface area (Å²) in [6.45, 7) is 4.42. The highest BCUT2D eigenvalue weighted by Crippen LogP contribution is 2.12. The van der Waals surface area contributed by atoms with Crippen LogP contribution in [0.5, 0.6) is 0 Å². The predicted molar refractivity (Wildman–Crippen MR) is 126 cm³/mol. The van der Waals surface area contributed by atoms with Crippen molar-refractivity contribution in [3.63, 3.8) is 0 Å². The number of aliphatic imine (C=N–C) groups is 1. The van der Waals surface area contributed by atoms with E-state index in [1.165, 1.54) is 12.1 Å². The lowest BCUT2D eigenvalue weighted by Gasteiger charge is -2.15. The predicted octanol–water partition coefficient (Wildman–Crippen LogP) is 3.14. The van der Waals surface area contributed by atoms with Gasteiger partial charge in [-0.25, -0.2) is 17.5 Å². The van der Waals surface area contributed by atoms with Crippen LogP contribution in [0.1, 0.15) is 30.5 Å². The Morgan fingerprint density at radius 3 is 2.31 bits per heavy atom. The van der Waals surface area contributed by atoms with Crippen LogP contribution in [0.4, 0.5) is 4.39 Å². The molecule has 0 heterocycles. The molecule has 0 saturated carbocycles. The Balaban J connectivity index is 0.00000420. The van der Waals surface area contributed by atoms with Gasteiger partial charge in [0.2, 0.25) is 10.0 Å². The van der Waals surface area contributed by atoms with Crippen molar-refractivity contribution in [3.8, 4) is 0 Å². The van der Waals surface area contributed by atoms with Gasteiger partial charge in [-0.05, 0) is 42.7 Å². The van der Waals surface area contributed by atoms with E-state index in [4.69, 9.17) is 0 Å². The molecular formula is C20H28FIN4O2S. The molecular weight excluding hydrogens is 506 g/mol. The topological polar surface area (TPSA) is 82.6 Å².